The Labute approximate surface area is 187 Å². The predicted octanol–water partition coefficient (Wildman–Crippen LogP) is 3.52. The van der Waals surface area contributed by atoms with Gasteiger partial charge >= 0.3 is 0 Å². The highest BCUT2D eigenvalue weighted by Gasteiger charge is 2.48. The molecule has 7 heteroatoms. The monoisotopic (exact) mass is 432 g/mol. The van der Waals surface area contributed by atoms with E-state index in [1.807, 2.05) is 47.9 Å². The second-order valence-electron chi connectivity index (χ2n) is 9.02. The molecule has 3 heterocycles. The summed E-state index contributed by atoms with van der Waals surface area (Å²) in [6, 6.07) is 11.6. The number of ether oxygens (including phenoxy) is 1. The average molecular weight is 433 g/mol. The number of benzene rings is 1. The van der Waals surface area contributed by atoms with Gasteiger partial charge in [0.2, 0.25) is 5.91 Å². The third-order valence-electron chi connectivity index (χ3n) is 6.88. The van der Waals surface area contributed by atoms with Crippen molar-refractivity contribution in [3.8, 4) is 5.75 Å². The van der Waals surface area contributed by atoms with E-state index in [0.29, 0.717) is 18.8 Å². The standard InChI is InChI=1S/C25H28N4O3/c1-25(24(31)27-19-7-3-4-8-19)16-28-21-13-20(32-2)10-9-18(21)12-22(28)23(30)29(25)15-17-6-5-11-26-14-17/h5-6,9-14,19H,3-4,7-8,15-16H2,1-2H3,(H,27,31)/t25-/m0/s1. The lowest BCUT2D eigenvalue weighted by Gasteiger charge is -2.44. The topological polar surface area (TPSA) is 76.5 Å². The molecule has 0 spiro atoms. The number of hydrogen-bond acceptors (Lipinski definition) is 4. The van der Waals surface area contributed by atoms with Gasteiger partial charge in [-0.2, -0.15) is 0 Å². The maximum atomic E-state index is 13.8. The summed E-state index contributed by atoms with van der Waals surface area (Å²) >= 11 is 0. The van der Waals surface area contributed by atoms with E-state index in [1.165, 1.54) is 0 Å². The summed E-state index contributed by atoms with van der Waals surface area (Å²) < 4.78 is 7.37. The van der Waals surface area contributed by atoms with Crippen LogP contribution in [0.15, 0.2) is 48.8 Å². The molecule has 2 aliphatic rings. The van der Waals surface area contributed by atoms with Crippen LogP contribution < -0.4 is 10.1 Å². The molecule has 1 saturated carbocycles. The molecule has 32 heavy (non-hydrogen) atoms. The van der Waals surface area contributed by atoms with Gasteiger partial charge in [-0.05, 0) is 49.6 Å². The van der Waals surface area contributed by atoms with Crippen molar-refractivity contribution in [1.82, 2.24) is 19.8 Å². The Morgan fingerprint density at radius 2 is 2.06 bits per heavy atom. The van der Waals surface area contributed by atoms with Gasteiger partial charge in [0.05, 0.1) is 19.2 Å². The van der Waals surface area contributed by atoms with Gasteiger partial charge in [0.1, 0.15) is 17.0 Å². The van der Waals surface area contributed by atoms with Gasteiger partial charge in [-0.15, -0.1) is 0 Å². The molecule has 1 fully saturated rings. The lowest BCUT2D eigenvalue weighted by Crippen LogP contribution is -2.64. The Balaban J connectivity index is 1.58. The Kier molecular flexibility index (Phi) is 5.12. The van der Waals surface area contributed by atoms with Gasteiger partial charge in [-0.1, -0.05) is 18.9 Å². The van der Waals surface area contributed by atoms with Crippen LogP contribution in [0.1, 0.15) is 48.7 Å². The predicted molar refractivity (Wildman–Crippen MR) is 121 cm³/mol. The number of fused-ring (bicyclic) bond motifs is 3. The maximum absolute atomic E-state index is 13.8. The third kappa shape index (κ3) is 3.42. The Bertz CT molecular complexity index is 1170. The molecule has 1 N–H and O–H groups in total. The van der Waals surface area contributed by atoms with Crippen molar-refractivity contribution in [2.75, 3.05) is 7.11 Å². The van der Waals surface area contributed by atoms with E-state index in [0.717, 1.165) is 47.9 Å². The zero-order chi connectivity index (χ0) is 22.3. The molecule has 7 nitrogen and oxygen atoms in total. The highest BCUT2D eigenvalue weighted by molar-refractivity contribution is 6.03. The summed E-state index contributed by atoms with van der Waals surface area (Å²) in [6.07, 6.45) is 7.70. The van der Waals surface area contributed by atoms with Crippen LogP contribution >= 0.6 is 0 Å². The maximum Gasteiger partial charge on any atom is 0.271 e. The lowest BCUT2D eigenvalue weighted by molar-refractivity contribution is -0.133. The number of pyridine rings is 1. The minimum atomic E-state index is -1.03. The zero-order valence-corrected chi connectivity index (χ0v) is 18.5. The highest BCUT2D eigenvalue weighted by atomic mass is 16.5. The Hall–Kier alpha value is -3.35. The van der Waals surface area contributed by atoms with Crippen LogP contribution in [0.2, 0.25) is 0 Å². The van der Waals surface area contributed by atoms with Gasteiger partial charge in [0.15, 0.2) is 0 Å². The minimum absolute atomic E-state index is 0.1000. The Morgan fingerprint density at radius 1 is 1.25 bits per heavy atom. The van der Waals surface area contributed by atoms with Crippen LogP contribution in [-0.4, -0.2) is 45.0 Å². The smallest absolute Gasteiger partial charge is 0.271 e. The summed E-state index contributed by atoms with van der Waals surface area (Å²) in [5, 5.41) is 4.19. The fraction of sp³-hybridized carbons (Fsp3) is 0.400. The van der Waals surface area contributed by atoms with E-state index in [9.17, 15) is 9.59 Å². The molecule has 1 aliphatic heterocycles. The van der Waals surface area contributed by atoms with E-state index in [4.69, 9.17) is 4.74 Å². The zero-order valence-electron chi connectivity index (χ0n) is 18.5. The number of nitrogens with one attached hydrogen (secondary N) is 1. The molecule has 0 bridgehead atoms. The molecule has 3 aromatic rings. The van der Waals surface area contributed by atoms with Crippen molar-refractivity contribution in [2.45, 2.75) is 57.3 Å². The molecule has 1 aliphatic carbocycles. The van der Waals surface area contributed by atoms with Crippen LogP contribution in [0.25, 0.3) is 10.9 Å². The first-order valence-electron chi connectivity index (χ1n) is 11.2. The fourth-order valence-electron chi connectivity index (χ4n) is 4.99. The van der Waals surface area contributed by atoms with Crippen LogP contribution in [-0.2, 0) is 17.9 Å². The average Bonchev–Trinajstić information content (AvgIpc) is 3.45. The quantitative estimate of drug-likeness (QED) is 0.669. The van der Waals surface area contributed by atoms with E-state index in [2.05, 4.69) is 10.3 Å². The second-order valence-corrected chi connectivity index (χ2v) is 9.02. The molecule has 0 saturated heterocycles. The molecular formula is C25H28N4O3. The van der Waals surface area contributed by atoms with E-state index in [-0.39, 0.29) is 17.9 Å². The SMILES string of the molecule is COc1ccc2cc3n(c2c1)C[C@@](C)(C(=O)NC1CCCC1)N(Cc1cccnc1)C3=O. The molecule has 2 aromatic heterocycles. The van der Waals surface area contributed by atoms with Crippen molar-refractivity contribution in [3.05, 3.63) is 60.0 Å². The number of aromatic nitrogens is 2. The first kappa shape index (κ1) is 20.5. The number of nitrogens with zero attached hydrogens (tertiary/aromatic N) is 3. The largest absolute Gasteiger partial charge is 0.497 e. The van der Waals surface area contributed by atoms with Crippen molar-refractivity contribution in [1.29, 1.82) is 0 Å². The summed E-state index contributed by atoms with van der Waals surface area (Å²) in [5.74, 6) is 0.470. The van der Waals surface area contributed by atoms with E-state index in [1.54, 1.807) is 24.4 Å². The lowest BCUT2D eigenvalue weighted by atomic mass is 9.93. The first-order chi connectivity index (χ1) is 15.5. The third-order valence-corrected chi connectivity index (χ3v) is 6.88. The molecular weight excluding hydrogens is 404 g/mol. The fourth-order valence-corrected chi connectivity index (χ4v) is 4.99. The van der Waals surface area contributed by atoms with Gasteiger partial charge < -0.3 is 19.5 Å². The number of carbonyl (C=O) groups is 2. The van der Waals surface area contributed by atoms with Crippen molar-refractivity contribution in [3.63, 3.8) is 0 Å². The van der Waals surface area contributed by atoms with Crippen LogP contribution in [0.3, 0.4) is 0 Å². The molecule has 5 rings (SSSR count). The van der Waals surface area contributed by atoms with Crippen molar-refractivity contribution in [2.24, 2.45) is 0 Å². The Morgan fingerprint density at radius 3 is 2.78 bits per heavy atom. The minimum Gasteiger partial charge on any atom is -0.497 e. The molecule has 0 unspecified atom stereocenters. The molecule has 166 valence electrons. The van der Waals surface area contributed by atoms with Crippen molar-refractivity contribution < 1.29 is 14.3 Å². The number of hydrogen-bond donors (Lipinski definition) is 1. The van der Waals surface area contributed by atoms with E-state index < -0.39 is 5.54 Å². The summed E-state index contributed by atoms with van der Waals surface area (Å²) in [4.78, 5) is 33.3. The molecule has 1 aromatic carbocycles. The highest BCUT2D eigenvalue weighted by Crippen LogP contribution is 2.35. The van der Waals surface area contributed by atoms with Gasteiger partial charge in [-0.25, -0.2) is 0 Å². The van der Waals surface area contributed by atoms with Gasteiger partial charge in [0, 0.05) is 36.4 Å². The summed E-state index contributed by atoms with van der Waals surface area (Å²) in [5.41, 5.74) is 1.35. The summed E-state index contributed by atoms with van der Waals surface area (Å²) in [6.45, 7) is 2.58. The van der Waals surface area contributed by atoms with Crippen LogP contribution in [0.5, 0.6) is 5.75 Å². The first-order valence-corrected chi connectivity index (χ1v) is 11.2. The summed E-state index contributed by atoms with van der Waals surface area (Å²) in [7, 11) is 1.63. The normalized spacial score (nSPS) is 21.1. The van der Waals surface area contributed by atoms with Crippen LogP contribution in [0.4, 0.5) is 0 Å². The number of rotatable bonds is 5. The molecule has 2 amide bonds. The number of methoxy groups -OCH3 is 1. The van der Waals surface area contributed by atoms with Gasteiger partial charge in [-0.3, -0.25) is 14.6 Å². The molecule has 1 atom stereocenters. The van der Waals surface area contributed by atoms with Crippen LogP contribution in [0, 0.1) is 0 Å². The van der Waals surface area contributed by atoms with Gasteiger partial charge in [0.25, 0.3) is 5.91 Å². The number of carbonyl (C=O) groups excluding carboxylic acids is 2. The molecule has 0 radical (unpaired) electrons. The second kappa shape index (κ2) is 7.97. The van der Waals surface area contributed by atoms with E-state index >= 15 is 0 Å². The van der Waals surface area contributed by atoms with Crippen molar-refractivity contribution >= 4 is 22.7 Å². The number of amides is 2.